The summed E-state index contributed by atoms with van der Waals surface area (Å²) < 4.78 is 51.0. The molecule has 1 aromatic carbocycles. The zero-order valence-electron chi connectivity index (χ0n) is 9.70. The Labute approximate surface area is 105 Å². The number of alkyl halides is 3. The molecule has 19 heavy (non-hydrogen) atoms. The molecule has 0 radical (unpaired) electrons. The highest BCUT2D eigenvalue weighted by atomic mass is 19.4. The van der Waals surface area contributed by atoms with E-state index in [0.717, 1.165) is 0 Å². The summed E-state index contributed by atoms with van der Waals surface area (Å²) in [5, 5.41) is 19.1. The average molecular weight is 278 g/mol. The van der Waals surface area contributed by atoms with E-state index in [-0.39, 0.29) is 5.56 Å². The first-order valence-electron chi connectivity index (χ1n) is 5.45. The third-order valence-corrected chi connectivity index (χ3v) is 3.19. The van der Waals surface area contributed by atoms with Gasteiger partial charge in [-0.15, -0.1) is 0 Å². The molecular weight excluding hydrogens is 268 g/mol. The third-order valence-electron chi connectivity index (χ3n) is 3.19. The number of fused-ring (bicyclic) bond motifs is 1. The Bertz CT molecular complexity index is 537. The molecule has 0 spiro atoms. The van der Waals surface area contributed by atoms with Gasteiger partial charge in [0.2, 0.25) is 0 Å². The largest absolute Gasteiger partial charge is 0.419 e. The quantitative estimate of drug-likeness (QED) is 0.773. The standard InChI is InChI=1S/C12H10F4O3/c1-4(17)9-10(18)5-2-7(12(14,15)16)8(13)3-6(5)11(9)19/h2-4,9,11,17,19H,1H3. The van der Waals surface area contributed by atoms with Crippen molar-refractivity contribution in [2.24, 2.45) is 5.92 Å². The number of hydrogen-bond acceptors (Lipinski definition) is 3. The number of carbonyl (C=O) groups excluding carboxylic acids is 1. The number of ketones is 1. The van der Waals surface area contributed by atoms with E-state index in [1.807, 2.05) is 0 Å². The summed E-state index contributed by atoms with van der Waals surface area (Å²) in [7, 11) is 0. The maximum Gasteiger partial charge on any atom is 0.419 e. The lowest BCUT2D eigenvalue weighted by Crippen LogP contribution is -2.25. The maximum atomic E-state index is 13.4. The van der Waals surface area contributed by atoms with E-state index in [0.29, 0.717) is 12.1 Å². The Hall–Kier alpha value is -1.47. The highest BCUT2D eigenvalue weighted by molar-refractivity contribution is 6.03. The summed E-state index contributed by atoms with van der Waals surface area (Å²) in [5.41, 5.74) is -2.17. The van der Waals surface area contributed by atoms with Crippen molar-refractivity contribution in [2.45, 2.75) is 25.3 Å². The highest BCUT2D eigenvalue weighted by Crippen LogP contribution is 2.41. The van der Waals surface area contributed by atoms with Crippen LogP contribution in [0.2, 0.25) is 0 Å². The molecule has 0 fully saturated rings. The molecule has 1 aliphatic carbocycles. The van der Waals surface area contributed by atoms with E-state index in [9.17, 15) is 32.6 Å². The van der Waals surface area contributed by atoms with Gasteiger partial charge in [-0.3, -0.25) is 4.79 Å². The van der Waals surface area contributed by atoms with Gasteiger partial charge >= 0.3 is 6.18 Å². The van der Waals surface area contributed by atoms with Gasteiger partial charge in [-0.05, 0) is 24.6 Å². The molecule has 104 valence electrons. The molecule has 0 saturated heterocycles. The monoisotopic (exact) mass is 278 g/mol. The van der Waals surface area contributed by atoms with Crippen LogP contribution < -0.4 is 0 Å². The molecule has 7 heteroatoms. The van der Waals surface area contributed by atoms with E-state index in [4.69, 9.17) is 0 Å². The minimum absolute atomic E-state index is 0.221. The van der Waals surface area contributed by atoms with Gasteiger partial charge in [0.25, 0.3) is 0 Å². The van der Waals surface area contributed by atoms with Crippen molar-refractivity contribution in [2.75, 3.05) is 0 Å². The van der Waals surface area contributed by atoms with Crippen LogP contribution >= 0.6 is 0 Å². The molecule has 3 atom stereocenters. The van der Waals surface area contributed by atoms with Gasteiger partial charge < -0.3 is 10.2 Å². The fraction of sp³-hybridized carbons (Fsp3) is 0.417. The second-order valence-corrected chi connectivity index (χ2v) is 4.49. The Morgan fingerprint density at radius 2 is 1.89 bits per heavy atom. The fourth-order valence-corrected chi connectivity index (χ4v) is 2.26. The van der Waals surface area contributed by atoms with Crippen molar-refractivity contribution in [3.05, 3.63) is 34.6 Å². The van der Waals surface area contributed by atoms with Gasteiger partial charge in [-0.25, -0.2) is 4.39 Å². The van der Waals surface area contributed by atoms with E-state index in [1.165, 1.54) is 6.92 Å². The first-order chi connectivity index (χ1) is 8.64. The minimum atomic E-state index is -4.92. The lowest BCUT2D eigenvalue weighted by atomic mass is 9.97. The molecule has 0 saturated carbocycles. The van der Waals surface area contributed by atoms with Gasteiger partial charge in [0.05, 0.1) is 23.7 Å². The topological polar surface area (TPSA) is 57.5 Å². The number of halogens is 4. The molecule has 0 bridgehead atoms. The molecule has 0 heterocycles. The van der Waals surface area contributed by atoms with Crippen LogP contribution in [0, 0.1) is 11.7 Å². The predicted octanol–water partition coefficient (Wildman–Crippen LogP) is 2.07. The summed E-state index contributed by atoms with van der Waals surface area (Å²) in [6.07, 6.45) is -7.67. The zero-order chi connectivity index (χ0) is 14.5. The zero-order valence-corrected chi connectivity index (χ0v) is 9.70. The number of rotatable bonds is 1. The minimum Gasteiger partial charge on any atom is -0.393 e. The Morgan fingerprint density at radius 1 is 1.32 bits per heavy atom. The van der Waals surface area contributed by atoms with Gasteiger partial charge in [0, 0.05) is 5.56 Å². The maximum absolute atomic E-state index is 13.4. The van der Waals surface area contributed by atoms with E-state index >= 15 is 0 Å². The SMILES string of the molecule is CC(O)C1C(=O)c2cc(C(F)(F)F)c(F)cc2C1O. The summed E-state index contributed by atoms with van der Waals surface area (Å²) in [6, 6.07) is 0.891. The number of aliphatic hydroxyl groups is 2. The Kier molecular flexibility index (Phi) is 3.14. The average Bonchev–Trinajstić information content (AvgIpc) is 2.48. The van der Waals surface area contributed by atoms with Crippen LogP contribution in [-0.4, -0.2) is 22.1 Å². The summed E-state index contributed by atoms with van der Waals surface area (Å²) in [5.74, 6) is -3.63. The van der Waals surface area contributed by atoms with Crippen LogP contribution in [-0.2, 0) is 6.18 Å². The first kappa shape index (κ1) is 14.0. The highest BCUT2D eigenvalue weighted by Gasteiger charge is 2.44. The van der Waals surface area contributed by atoms with Crippen molar-refractivity contribution in [1.82, 2.24) is 0 Å². The lowest BCUT2D eigenvalue weighted by molar-refractivity contribution is -0.140. The van der Waals surface area contributed by atoms with Crippen LogP contribution in [0.25, 0.3) is 0 Å². The molecule has 2 N–H and O–H groups in total. The second kappa shape index (κ2) is 4.28. The van der Waals surface area contributed by atoms with Crippen LogP contribution in [0.4, 0.5) is 17.6 Å². The van der Waals surface area contributed by atoms with Gasteiger partial charge in [0.1, 0.15) is 5.82 Å². The fourth-order valence-electron chi connectivity index (χ4n) is 2.26. The molecular formula is C12H10F4O3. The van der Waals surface area contributed by atoms with E-state index in [2.05, 4.69) is 0 Å². The van der Waals surface area contributed by atoms with E-state index in [1.54, 1.807) is 0 Å². The van der Waals surface area contributed by atoms with Crippen molar-refractivity contribution in [1.29, 1.82) is 0 Å². The number of benzene rings is 1. The van der Waals surface area contributed by atoms with Crippen LogP contribution in [0.15, 0.2) is 12.1 Å². The van der Waals surface area contributed by atoms with Crippen LogP contribution in [0.1, 0.15) is 34.5 Å². The number of Topliss-reactive ketones (excluding diaryl/α,β-unsaturated/α-hetero) is 1. The first-order valence-corrected chi connectivity index (χ1v) is 5.45. The summed E-state index contributed by atoms with van der Waals surface area (Å²) >= 11 is 0. The van der Waals surface area contributed by atoms with Crippen molar-refractivity contribution in [3.8, 4) is 0 Å². The van der Waals surface area contributed by atoms with Crippen molar-refractivity contribution >= 4 is 5.78 Å². The predicted molar refractivity (Wildman–Crippen MR) is 55.9 cm³/mol. The molecule has 1 aliphatic rings. The van der Waals surface area contributed by atoms with E-state index < -0.39 is 47.0 Å². The number of hydrogen-bond donors (Lipinski definition) is 2. The molecule has 3 unspecified atom stereocenters. The second-order valence-electron chi connectivity index (χ2n) is 4.49. The molecule has 1 aromatic rings. The smallest absolute Gasteiger partial charge is 0.393 e. The summed E-state index contributed by atoms with van der Waals surface area (Å²) in [4.78, 5) is 11.8. The summed E-state index contributed by atoms with van der Waals surface area (Å²) in [6.45, 7) is 1.23. The van der Waals surface area contributed by atoms with Gasteiger partial charge in [-0.1, -0.05) is 0 Å². The molecule has 2 rings (SSSR count). The van der Waals surface area contributed by atoms with Crippen LogP contribution in [0.3, 0.4) is 0 Å². The Morgan fingerprint density at radius 3 is 2.37 bits per heavy atom. The third kappa shape index (κ3) is 2.12. The number of aliphatic hydroxyl groups excluding tert-OH is 2. The van der Waals surface area contributed by atoms with Crippen LogP contribution in [0.5, 0.6) is 0 Å². The van der Waals surface area contributed by atoms with Crippen molar-refractivity contribution in [3.63, 3.8) is 0 Å². The normalized spacial score (nSPS) is 24.5. The Balaban J connectivity index is 2.59. The lowest BCUT2D eigenvalue weighted by Gasteiger charge is -2.16. The molecule has 0 amide bonds. The molecule has 0 aliphatic heterocycles. The molecule has 0 aromatic heterocycles. The van der Waals surface area contributed by atoms with Gasteiger partial charge in [0.15, 0.2) is 5.78 Å². The van der Waals surface area contributed by atoms with Crippen molar-refractivity contribution < 1.29 is 32.6 Å². The van der Waals surface area contributed by atoms with Gasteiger partial charge in [-0.2, -0.15) is 13.2 Å². The number of carbonyl (C=O) groups is 1. The molecule has 3 nitrogen and oxygen atoms in total.